The van der Waals surface area contributed by atoms with Gasteiger partial charge in [0, 0.05) is 6.42 Å². The summed E-state index contributed by atoms with van der Waals surface area (Å²) >= 11 is 0. The third-order valence-corrected chi connectivity index (χ3v) is 4.76. The van der Waals surface area contributed by atoms with Crippen LogP contribution in [0.4, 0.5) is 0 Å². The van der Waals surface area contributed by atoms with Crippen molar-refractivity contribution in [1.82, 2.24) is 20.1 Å². The Bertz CT molecular complexity index is 1100. The van der Waals surface area contributed by atoms with E-state index < -0.39 is 0 Å². The summed E-state index contributed by atoms with van der Waals surface area (Å²) in [7, 11) is 0. The molecule has 4 aromatic rings. The number of aryl methyl sites for hydroxylation is 2. The molecule has 0 aliphatic rings. The molecule has 1 heterocycles. The second-order valence-corrected chi connectivity index (χ2v) is 7.00. The average molecular weight is 412 g/mol. The third kappa shape index (κ3) is 5.57. The first kappa shape index (κ1) is 20.3. The predicted molar refractivity (Wildman–Crippen MR) is 119 cm³/mol. The van der Waals surface area contributed by atoms with E-state index in [0.29, 0.717) is 19.6 Å². The summed E-state index contributed by atoms with van der Waals surface area (Å²) in [5.74, 6) is 1.37. The second kappa shape index (κ2) is 10.2. The van der Waals surface area contributed by atoms with E-state index >= 15 is 0 Å². The number of ether oxygens (including phenoxy) is 1. The molecule has 6 heteroatoms. The first-order chi connectivity index (χ1) is 15.3. The van der Waals surface area contributed by atoms with Gasteiger partial charge in [-0.2, -0.15) is 0 Å². The second-order valence-electron chi connectivity index (χ2n) is 7.00. The van der Waals surface area contributed by atoms with Gasteiger partial charge in [-0.3, -0.25) is 4.79 Å². The van der Waals surface area contributed by atoms with Crippen LogP contribution in [0, 0.1) is 0 Å². The number of aromatic nitrogens is 3. The van der Waals surface area contributed by atoms with E-state index in [0.717, 1.165) is 23.7 Å². The first-order valence-electron chi connectivity index (χ1n) is 10.3. The smallest absolute Gasteiger partial charge is 0.291 e. The maximum atomic E-state index is 12.6. The lowest BCUT2D eigenvalue weighted by molar-refractivity contribution is 0.0936. The van der Waals surface area contributed by atoms with E-state index in [2.05, 4.69) is 27.5 Å². The summed E-state index contributed by atoms with van der Waals surface area (Å²) in [5, 5.41) is 7.31. The molecule has 1 amide bonds. The van der Waals surface area contributed by atoms with Crippen LogP contribution in [0.15, 0.2) is 91.0 Å². The highest BCUT2D eigenvalue weighted by Crippen LogP contribution is 2.13. The van der Waals surface area contributed by atoms with Crippen molar-refractivity contribution in [1.29, 1.82) is 0 Å². The number of hydrogen-bond donors (Lipinski definition) is 1. The molecule has 0 saturated heterocycles. The van der Waals surface area contributed by atoms with Crippen LogP contribution in [0.5, 0.6) is 5.75 Å². The molecule has 3 aromatic carbocycles. The summed E-state index contributed by atoms with van der Waals surface area (Å²) in [6.07, 6.45) is 1.49. The van der Waals surface area contributed by atoms with E-state index in [1.54, 1.807) is 4.68 Å². The van der Waals surface area contributed by atoms with Gasteiger partial charge in [0.25, 0.3) is 5.91 Å². The molecule has 4 rings (SSSR count). The number of carbonyl (C=O) groups excluding carboxylic acids is 1. The molecule has 0 radical (unpaired) electrons. The molecular formula is C25H24N4O2. The molecule has 0 atom stereocenters. The van der Waals surface area contributed by atoms with E-state index in [4.69, 9.17) is 4.74 Å². The van der Waals surface area contributed by atoms with Crippen LogP contribution >= 0.6 is 0 Å². The Morgan fingerprint density at radius 2 is 1.48 bits per heavy atom. The van der Waals surface area contributed by atoms with Crippen LogP contribution in [0.3, 0.4) is 0 Å². The van der Waals surface area contributed by atoms with Crippen LogP contribution in [-0.4, -0.2) is 33.8 Å². The van der Waals surface area contributed by atoms with E-state index in [1.807, 2.05) is 78.9 Å². The number of rotatable bonds is 9. The van der Waals surface area contributed by atoms with Crippen molar-refractivity contribution in [2.75, 3.05) is 13.2 Å². The Balaban J connectivity index is 1.43. The minimum Gasteiger partial charge on any atom is -0.492 e. The van der Waals surface area contributed by atoms with E-state index in [9.17, 15) is 4.79 Å². The van der Waals surface area contributed by atoms with Gasteiger partial charge in [0.2, 0.25) is 5.82 Å². The summed E-state index contributed by atoms with van der Waals surface area (Å²) < 4.78 is 7.37. The Morgan fingerprint density at radius 1 is 0.839 bits per heavy atom. The molecule has 0 aliphatic carbocycles. The van der Waals surface area contributed by atoms with Gasteiger partial charge in [-0.05, 0) is 36.2 Å². The van der Waals surface area contributed by atoms with Crippen molar-refractivity contribution in [3.63, 3.8) is 0 Å². The van der Waals surface area contributed by atoms with Crippen molar-refractivity contribution in [3.05, 3.63) is 108 Å². The molecule has 0 spiro atoms. The Labute approximate surface area is 181 Å². The summed E-state index contributed by atoms with van der Waals surface area (Å²) in [6, 6.07) is 29.5. The van der Waals surface area contributed by atoms with Crippen molar-refractivity contribution in [2.45, 2.75) is 12.8 Å². The topological polar surface area (TPSA) is 69.0 Å². The number of nitrogens with zero attached hydrogens (tertiary/aromatic N) is 3. The van der Waals surface area contributed by atoms with Gasteiger partial charge in [0.1, 0.15) is 18.2 Å². The number of para-hydroxylation sites is 2. The van der Waals surface area contributed by atoms with Crippen LogP contribution in [-0.2, 0) is 12.8 Å². The number of benzene rings is 3. The maximum absolute atomic E-state index is 12.6. The monoisotopic (exact) mass is 412 g/mol. The molecule has 0 fully saturated rings. The SMILES string of the molecule is O=C(NCCOc1ccccc1)c1nc(CCc2ccccc2)n(-c2ccccc2)n1. The average Bonchev–Trinajstić information content (AvgIpc) is 3.27. The van der Waals surface area contributed by atoms with Crippen molar-refractivity contribution in [2.24, 2.45) is 0 Å². The van der Waals surface area contributed by atoms with Crippen molar-refractivity contribution in [3.8, 4) is 11.4 Å². The number of nitrogens with one attached hydrogen (secondary N) is 1. The van der Waals surface area contributed by atoms with Crippen LogP contribution < -0.4 is 10.1 Å². The normalized spacial score (nSPS) is 10.6. The van der Waals surface area contributed by atoms with Gasteiger partial charge in [-0.25, -0.2) is 9.67 Å². The van der Waals surface area contributed by atoms with Crippen LogP contribution in [0.2, 0.25) is 0 Å². The molecule has 0 bridgehead atoms. The summed E-state index contributed by atoms with van der Waals surface area (Å²) in [5.41, 5.74) is 2.10. The van der Waals surface area contributed by atoms with Gasteiger partial charge in [-0.15, -0.1) is 5.10 Å². The Hall–Kier alpha value is -3.93. The van der Waals surface area contributed by atoms with E-state index in [1.165, 1.54) is 5.56 Å². The minimum atomic E-state index is -0.313. The fraction of sp³-hybridized carbons (Fsp3) is 0.160. The van der Waals surface area contributed by atoms with E-state index in [-0.39, 0.29) is 11.7 Å². The fourth-order valence-corrected chi connectivity index (χ4v) is 3.21. The zero-order chi connectivity index (χ0) is 21.3. The highest BCUT2D eigenvalue weighted by Gasteiger charge is 2.17. The lowest BCUT2D eigenvalue weighted by Crippen LogP contribution is -2.29. The zero-order valence-electron chi connectivity index (χ0n) is 17.1. The van der Waals surface area contributed by atoms with Crippen LogP contribution in [0.1, 0.15) is 22.0 Å². The van der Waals surface area contributed by atoms with Crippen LogP contribution in [0.25, 0.3) is 5.69 Å². The van der Waals surface area contributed by atoms with Gasteiger partial charge < -0.3 is 10.1 Å². The lowest BCUT2D eigenvalue weighted by atomic mass is 10.1. The predicted octanol–water partition coefficient (Wildman–Crippen LogP) is 3.86. The third-order valence-electron chi connectivity index (χ3n) is 4.76. The summed E-state index contributed by atoms with van der Waals surface area (Å²) in [4.78, 5) is 17.2. The summed E-state index contributed by atoms with van der Waals surface area (Å²) in [6.45, 7) is 0.739. The van der Waals surface area contributed by atoms with Crippen molar-refractivity contribution >= 4 is 5.91 Å². The fourth-order valence-electron chi connectivity index (χ4n) is 3.21. The molecule has 156 valence electrons. The molecular weight excluding hydrogens is 388 g/mol. The highest BCUT2D eigenvalue weighted by atomic mass is 16.5. The quantitative estimate of drug-likeness (QED) is 0.424. The molecule has 31 heavy (non-hydrogen) atoms. The van der Waals surface area contributed by atoms with Crippen molar-refractivity contribution < 1.29 is 9.53 Å². The molecule has 0 unspecified atom stereocenters. The standard InChI is InChI=1S/C25H24N4O2/c30-25(26-18-19-31-22-14-8-3-9-15-22)24-27-23(17-16-20-10-4-1-5-11-20)29(28-24)21-12-6-2-7-13-21/h1-15H,16-19H2,(H,26,30). The van der Waals surface area contributed by atoms with Gasteiger partial charge in [0.15, 0.2) is 0 Å². The molecule has 0 aliphatic heterocycles. The lowest BCUT2D eigenvalue weighted by Gasteiger charge is -2.06. The molecule has 6 nitrogen and oxygen atoms in total. The zero-order valence-corrected chi connectivity index (χ0v) is 17.1. The number of amides is 1. The molecule has 1 N–H and O–H groups in total. The first-order valence-corrected chi connectivity index (χ1v) is 10.3. The number of hydrogen-bond acceptors (Lipinski definition) is 4. The van der Waals surface area contributed by atoms with Gasteiger partial charge >= 0.3 is 0 Å². The number of carbonyl (C=O) groups is 1. The minimum absolute atomic E-state index is 0.159. The van der Waals surface area contributed by atoms with Gasteiger partial charge in [-0.1, -0.05) is 66.7 Å². The highest BCUT2D eigenvalue weighted by molar-refractivity contribution is 5.90. The largest absolute Gasteiger partial charge is 0.492 e. The Kier molecular flexibility index (Phi) is 6.70. The molecule has 1 aromatic heterocycles. The van der Waals surface area contributed by atoms with Gasteiger partial charge in [0.05, 0.1) is 12.2 Å². The molecule has 0 saturated carbocycles. The maximum Gasteiger partial charge on any atom is 0.291 e. The Morgan fingerprint density at radius 3 is 2.19 bits per heavy atom.